The van der Waals surface area contributed by atoms with Gasteiger partial charge in [-0.05, 0) is 43.6 Å². The largest absolute Gasteiger partial charge is 0.409 e. The molecule has 4 N–H and O–H groups in total. The Morgan fingerprint density at radius 3 is 2.57 bits per heavy atom. The van der Waals surface area contributed by atoms with E-state index in [1.165, 1.54) is 5.56 Å². The van der Waals surface area contributed by atoms with Gasteiger partial charge in [0.1, 0.15) is 0 Å². The summed E-state index contributed by atoms with van der Waals surface area (Å²) in [5.74, 6) is 0.143. The van der Waals surface area contributed by atoms with E-state index in [4.69, 9.17) is 10.9 Å². The van der Waals surface area contributed by atoms with Crippen molar-refractivity contribution in [1.29, 1.82) is 0 Å². The van der Waals surface area contributed by atoms with Crippen LogP contribution in [0.1, 0.15) is 30.5 Å². The monoisotopic (exact) mass is 292 g/mol. The van der Waals surface area contributed by atoms with E-state index in [-0.39, 0.29) is 11.3 Å². The minimum absolute atomic E-state index is 0.143. The number of nitrogens with zero attached hydrogens (tertiary/aromatic N) is 2. The van der Waals surface area contributed by atoms with Crippen LogP contribution in [0, 0.1) is 12.3 Å². The maximum Gasteiger partial charge on any atom is 0.170 e. The Hall–Kier alpha value is -1.59. The predicted molar refractivity (Wildman–Crippen MR) is 87.7 cm³/mol. The van der Waals surface area contributed by atoms with Crippen LogP contribution in [0.3, 0.4) is 0 Å². The van der Waals surface area contributed by atoms with Gasteiger partial charge >= 0.3 is 0 Å². The van der Waals surface area contributed by atoms with Crippen molar-refractivity contribution in [2.75, 3.05) is 27.2 Å². The zero-order valence-corrected chi connectivity index (χ0v) is 13.8. The molecule has 118 valence electrons. The number of amidine groups is 1. The molecule has 5 heteroatoms. The first-order chi connectivity index (χ1) is 9.75. The van der Waals surface area contributed by atoms with E-state index in [2.05, 4.69) is 43.3 Å². The van der Waals surface area contributed by atoms with Gasteiger partial charge in [0.2, 0.25) is 0 Å². The van der Waals surface area contributed by atoms with Crippen molar-refractivity contribution < 1.29 is 5.21 Å². The second kappa shape index (κ2) is 7.43. The maximum absolute atomic E-state index is 8.70. The predicted octanol–water partition coefficient (Wildman–Crippen LogP) is 1.77. The zero-order chi connectivity index (χ0) is 16.0. The fourth-order valence-electron chi connectivity index (χ4n) is 2.56. The van der Waals surface area contributed by atoms with Crippen LogP contribution in [0.15, 0.2) is 23.4 Å². The van der Waals surface area contributed by atoms with Gasteiger partial charge in [0, 0.05) is 25.2 Å². The topological polar surface area (TPSA) is 73.9 Å². The molecule has 1 rings (SSSR count). The lowest BCUT2D eigenvalue weighted by Crippen LogP contribution is -2.37. The highest BCUT2D eigenvalue weighted by molar-refractivity contribution is 5.97. The number of nitrogens with two attached hydrogens (primary N) is 1. The number of oxime groups is 1. The molecule has 0 aromatic heterocycles. The molecule has 0 aliphatic rings. The average Bonchev–Trinajstić information content (AvgIpc) is 2.38. The summed E-state index contributed by atoms with van der Waals surface area (Å²) in [6.45, 7) is 9.37. The van der Waals surface area contributed by atoms with E-state index in [1.54, 1.807) is 0 Å². The molecule has 0 fully saturated rings. The molecule has 0 saturated carbocycles. The molecular weight excluding hydrogens is 264 g/mol. The Labute approximate surface area is 127 Å². The summed E-state index contributed by atoms with van der Waals surface area (Å²) >= 11 is 0. The van der Waals surface area contributed by atoms with Crippen LogP contribution >= 0.6 is 0 Å². The third kappa shape index (κ3) is 5.73. The van der Waals surface area contributed by atoms with E-state index in [0.717, 1.165) is 30.8 Å². The number of hydrogen-bond acceptors (Lipinski definition) is 4. The normalized spacial score (nSPS) is 13.0. The summed E-state index contributed by atoms with van der Waals surface area (Å²) in [5, 5.41) is 15.2. The van der Waals surface area contributed by atoms with Crippen LogP contribution in [0.4, 0.5) is 0 Å². The fraction of sp³-hybridized carbons (Fsp3) is 0.562. The van der Waals surface area contributed by atoms with Gasteiger partial charge in [-0.15, -0.1) is 0 Å². The summed E-state index contributed by atoms with van der Waals surface area (Å²) in [5.41, 5.74) is 8.93. The van der Waals surface area contributed by atoms with E-state index in [0.29, 0.717) is 0 Å². The van der Waals surface area contributed by atoms with Gasteiger partial charge in [0.05, 0.1) is 0 Å². The molecule has 0 spiro atoms. The molecule has 0 radical (unpaired) electrons. The second-order valence-electron chi connectivity index (χ2n) is 6.63. The van der Waals surface area contributed by atoms with Gasteiger partial charge in [0.15, 0.2) is 5.84 Å². The summed E-state index contributed by atoms with van der Waals surface area (Å²) in [6.07, 6.45) is 0. The van der Waals surface area contributed by atoms with Gasteiger partial charge in [0.25, 0.3) is 0 Å². The summed E-state index contributed by atoms with van der Waals surface area (Å²) in [4.78, 5) is 2.21. The van der Waals surface area contributed by atoms with Crippen molar-refractivity contribution in [3.8, 4) is 0 Å². The molecule has 0 aliphatic carbocycles. The molecule has 0 aliphatic heterocycles. The molecule has 0 amide bonds. The van der Waals surface area contributed by atoms with Gasteiger partial charge in [-0.1, -0.05) is 31.1 Å². The Kier molecular flexibility index (Phi) is 6.18. The zero-order valence-electron chi connectivity index (χ0n) is 13.8. The maximum atomic E-state index is 8.70. The van der Waals surface area contributed by atoms with Gasteiger partial charge < -0.3 is 21.2 Å². The van der Waals surface area contributed by atoms with E-state index < -0.39 is 0 Å². The van der Waals surface area contributed by atoms with Crippen LogP contribution in [-0.4, -0.2) is 43.1 Å². The number of rotatable bonds is 7. The summed E-state index contributed by atoms with van der Waals surface area (Å²) in [6, 6.07) is 5.84. The van der Waals surface area contributed by atoms with Gasteiger partial charge in [-0.25, -0.2) is 0 Å². The van der Waals surface area contributed by atoms with Crippen LogP contribution in [0.5, 0.6) is 0 Å². The molecular formula is C16H28N4O. The second-order valence-corrected chi connectivity index (χ2v) is 6.63. The van der Waals surface area contributed by atoms with Crippen LogP contribution in [-0.2, 0) is 6.54 Å². The van der Waals surface area contributed by atoms with Gasteiger partial charge in [-0.2, -0.15) is 0 Å². The molecule has 1 aromatic rings. The molecule has 0 atom stereocenters. The standard InChI is InChI=1S/C16H28N4O/c1-12-8-13(15(17)19-21)6-7-14(12)9-18-10-16(2,3)11-20(4)5/h6-8,18,21H,9-11H2,1-5H3,(H2,17,19). The Bertz CT molecular complexity index is 495. The van der Waals surface area contributed by atoms with Crippen LogP contribution in [0.2, 0.25) is 0 Å². The summed E-state index contributed by atoms with van der Waals surface area (Å²) in [7, 11) is 4.19. The van der Waals surface area contributed by atoms with Crippen molar-refractivity contribution in [3.63, 3.8) is 0 Å². The minimum atomic E-state index is 0.143. The highest BCUT2D eigenvalue weighted by Gasteiger charge is 2.18. The Morgan fingerprint density at radius 1 is 1.38 bits per heavy atom. The van der Waals surface area contributed by atoms with Crippen molar-refractivity contribution >= 4 is 5.84 Å². The molecule has 5 nitrogen and oxygen atoms in total. The first kappa shape index (κ1) is 17.5. The van der Waals surface area contributed by atoms with Crippen molar-refractivity contribution in [3.05, 3.63) is 34.9 Å². The van der Waals surface area contributed by atoms with E-state index >= 15 is 0 Å². The number of aryl methyl sites for hydroxylation is 1. The number of nitrogens with one attached hydrogen (secondary N) is 1. The summed E-state index contributed by atoms with van der Waals surface area (Å²) < 4.78 is 0. The van der Waals surface area contributed by atoms with Crippen molar-refractivity contribution in [2.45, 2.75) is 27.3 Å². The van der Waals surface area contributed by atoms with E-state index in [1.807, 2.05) is 25.1 Å². The molecule has 0 bridgehead atoms. The third-order valence-electron chi connectivity index (χ3n) is 3.41. The molecule has 0 unspecified atom stereocenters. The SMILES string of the molecule is Cc1cc(/C(N)=N/O)ccc1CNCC(C)(C)CN(C)C. The molecule has 0 saturated heterocycles. The van der Waals surface area contributed by atoms with Crippen molar-refractivity contribution in [2.24, 2.45) is 16.3 Å². The van der Waals surface area contributed by atoms with Crippen LogP contribution < -0.4 is 11.1 Å². The Morgan fingerprint density at radius 2 is 2.05 bits per heavy atom. The molecule has 0 heterocycles. The first-order valence-electron chi connectivity index (χ1n) is 7.18. The fourth-order valence-corrected chi connectivity index (χ4v) is 2.56. The third-order valence-corrected chi connectivity index (χ3v) is 3.41. The highest BCUT2D eigenvalue weighted by atomic mass is 16.4. The lowest BCUT2D eigenvalue weighted by molar-refractivity contribution is 0.232. The Balaban J connectivity index is 2.61. The van der Waals surface area contributed by atoms with Crippen LogP contribution in [0.25, 0.3) is 0 Å². The smallest absolute Gasteiger partial charge is 0.170 e. The van der Waals surface area contributed by atoms with Gasteiger partial charge in [-0.3, -0.25) is 0 Å². The lowest BCUT2D eigenvalue weighted by Gasteiger charge is -2.28. The quantitative estimate of drug-likeness (QED) is 0.310. The number of benzene rings is 1. The first-order valence-corrected chi connectivity index (χ1v) is 7.18. The van der Waals surface area contributed by atoms with E-state index in [9.17, 15) is 0 Å². The average molecular weight is 292 g/mol. The molecule has 21 heavy (non-hydrogen) atoms. The van der Waals surface area contributed by atoms with Crippen molar-refractivity contribution in [1.82, 2.24) is 10.2 Å². The minimum Gasteiger partial charge on any atom is -0.409 e. The number of hydrogen-bond donors (Lipinski definition) is 3. The molecule has 1 aromatic carbocycles. The lowest BCUT2D eigenvalue weighted by atomic mass is 9.92. The highest BCUT2D eigenvalue weighted by Crippen LogP contribution is 2.15.